The molecule has 0 fully saturated rings. The van der Waals surface area contributed by atoms with Crippen LogP contribution in [0.15, 0.2) is 71.5 Å². The molecule has 0 atom stereocenters. The van der Waals surface area contributed by atoms with Crippen molar-refractivity contribution in [3.63, 3.8) is 0 Å². The van der Waals surface area contributed by atoms with Crippen LogP contribution in [-0.2, 0) is 16.0 Å². The summed E-state index contributed by atoms with van der Waals surface area (Å²) in [5.74, 6) is 0.325. The second-order valence-corrected chi connectivity index (χ2v) is 8.32. The lowest BCUT2D eigenvalue weighted by Gasteiger charge is -2.09. The largest absolute Gasteiger partial charge is 0.496 e. The van der Waals surface area contributed by atoms with Crippen LogP contribution < -0.4 is 10.2 Å². The first-order chi connectivity index (χ1) is 13.6. The van der Waals surface area contributed by atoms with E-state index in [0.717, 1.165) is 30.6 Å². The van der Waals surface area contributed by atoms with Crippen molar-refractivity contribution in [2.75, 3.05) is 14.2 Å². The minimum atomic E-state index is -0.444. The summed E-state index contributed by atoms with van der Waals surface area (Å²) in [6.07, 6.45) is 0.132. The SMILES string of the molecule is COC(=O)Cc1cc(-[s+]2c3ccccc3c(=O)c3ccccc32)ccc1OC. The molecule has 0 spiro atoms. The van der Waals surface area contributed by atoms with Crippen LogP contribution in [0.4, 0.5) is 0 Å². The van der Waals surface area contributed by atoms with E-state index in [1.807, 2.05) is 66.7 Å². The van der Waals surface area contributed by atoms with Crippen molar-refractivity contribution in [1.82, 2.24) is 0 Å². The van der Waals surface area contributed by atoms with Crippen molar-refractivity contribution in [3.05, 3.63) is 82.5 Å². The summed E-state index contributed by atoms with van der Waals surface area (Å²) in [5.41, 5.74) is 0.824. The standard InChI is InChI=1S/C23H19O4S/c1-26-19-12-11-16(13-15(19)14-22(24)27-2)28-20-9-5-3-7-17(20)23(25)18-8-4-6-10-21(18)28/h3-13H,14H2,1-2H3/q+1. The van der Waals surface area contributed by atoms with Gasteiger partial charge in [-0.15, -0.1) is 0 Å². The number of esters is 1. The predicted octanol–water partition coefficient (Wildman–Crippen LogP) is 4.82. The number of rotatable bonds is 4. The molecule has 4 nitrogen and oxygen atoms in total. The molecule has 3 aromatic carbocycles. The van der Waals surface area contributed by atoms with E-state index < -0.39 is 10.5 Å². The van der Waals surface area contributed by atoms with Crippen LogP contribution in [0.25, 0.3) is 25.1 Å². The first-order valence-corrected chi connectivity index (χ1v) is 10.1. The first-order valence-electron chi connectivity index (χ1n) is 8.85. The number of ether oxygens (including phenoxy) is 2. The number of carbonyl (C=O) groups excluding carboxylic acids is 1. The molecular weight excluding hydrogens is 372 g/mol. The highest BCUT2D eigenvalue weighted by Crippen LogP contribution is 2.44. The average molecular weight is 391 g/mol. The highest BCUT2D eigenvalue weighted by atomic mass is 32.2. The number of methoxy groups -OCH3 is 2. The monoisotopic (exact) mass is 391 g/mol. The van der Waals surface area contributed by atoms with E-state index in [1.54, 1.807) is 7.11 Å². The maximum Gasteiger partial charge on any atom is 0.310 e. The van der Waals surface area contributed by atoms with Gasteiger partial charge in [-0.05, 0) is 30.3 Å². The van der Waals surface area contributed by atoms with Crippen LogP contribution in [-0.4, -0.2) is 20.2 Å². The lowest BCUT2D eigenvalue weighted by Crippen LogP contribution is -2.06. The molecule has 0 amide bonds. The summed E-state index contributed by atoms with van der Waals surface area (Å²) in [7, 11) is 2.52. The molecule has 1 heterocycles. The smallest absolute Gasteiger partial charge is 0.310 e. The number of carbonyl (C=O) groups is 1. The van der Waals surface area contributed by atoms with Gasteiger partial charge in [-0.3, -0.25) is 9.59 Å². The molecule has 0 aliphatic rings. The zero-order valence-corrected chi connectivity index (χ0v) is 16.4. The van der Waals surface area contributed by atoms with Gasteiger partial charge in [0.1, 0.15) is 5.75 Å². The first kappa shape index (κ1) is 18.2. The Balaban J connectivity index is 2.06. The minimum absolute atomic E-state index is 0.0539. The summed E-state index contributed by atoms with van der Waals surface area (Å²) < 4.78 is 12.3. The summed E-state index contributed by atoms with van der Waals surface area (Å²) in [6, 6.07) is 21.4. The van der Waals surface area contributed by atoms with E-state index in [2.05, 4.69) is 0 Å². The molecule has 5 heteroatoms. The van der Waals surface area contributed by atoms with E-state index in [1.165, 1.54) is 7.11 Å². The Kier molecular flexibility index (Phi) is 4.84. The van der Waals surface area contributed by atoms with Crippen LogP contribution in [0, 0.1) is 0 Å². The molecule has 0 aliphatic carbocycles. The van der Waals surface area contributed by atoms with Crippen LogP contribution in [0.5, 0.6) is 5.75 Å². The Bertz CT molecular complexity index is 1200. The van der Waals surface area contributed by atoms with Crippen LogP contribution >= 0.6 is 10.5 Å². The maximum absolute atomic E-state index is 13.0. The quantitative estimate of drug-likeness (QED) is 0.284. The fraction of sp³-hybridized carbons (Fsp3) is 0.130. The van der Waals surface area contributed by atoms with Crippen molar-refractivity contribution in [1.29, 1.82) is 0 Å². The van der Waals surface area contributed by atoms with Crippen molar-refractivity contribution < 1.29 is 14.3 Å². The van der Waals surface area contributed by atoms with Gasteiger partial charge in [0.15, 0.2) is 14.3 Å². The second-order valence-electron chi connectivity index (χ2n) is 6.35. The molecule has 1 aromatic heterocycles. The van der Waals surface area contributed by atoms with Crippen molar-refractivity contribution in [3.8, 4) is 10.6 Å². The van der Waals surface area contributed by atoms with Crippen molar-refractivity contribution >= 4 is 36.6 Å². The third-order valence-corrected chi connectivity index (χ3v) is 7.07. The van der Waals surface area contributed by atoms with Crippen LogP contribution in [0.1, 0.15) is 5.56 Å². The zero-order chi connectivity index (χ0) is 19.7. The molecule has 0 saturated carbocycles. The normalized spacial score (nSPS) is 10.9. The molecule has 4 rings (SSSR count). The maximum atomic E-state index is 13.0. The molecule has 0 bridgehead atoms. The third kappa shape index (κ3) is 3.04. The zero-order valence-electron chi connectivity index (χ0n) is 15.6. The molecular formula is C23H19O4S+. The Morgan fingerprint density at radius 3 is 2.07 bits per heavy atom. The number of hydrogen-bond donors (Lipinski definition) is 0. The predicted molar refractivity (Wildman–Crippen MR) is 114 cm³/mol. The van der Waals surface area contributed by atoms with E-state index in [0.29, 0.717) is 5.75 Å². The summed E-state index contributed by atoms with van der Waals surface area (Å²) in [6.45, 7) is 0. The molecule has 0 radical (unpaired) electrons. The molecule has 4 aromatic rings. The Hall–Kier alpha value is -3.18. The average Bonchev–Trinajstić information content (AvgIpc) is 2.74. The fourth-order valence-corrected chi connectivity index (χ4v) is 5.83. The number of hydrogen-bond acceptors (Lipinski definition) is 4. The van der Waals surface area contributed by atoms with E-state index in [4.69, 9.17) is 9.47 Å². The third-order valence-electron chi connectivity index (χ3n) is 4.75. The molecule has 28 heavy (non-hydrogen) atoms. The molecule has 0 N–H and O–H groups in total. The summed E-state index contributed by atoms with van der Waals surface area (Å²) >= 11 is 0. The number of benzene rings is 3. The fourth-order valence-electron chi connectivity index (χ4n) is 3.43. The lowest BCUT2D eigenvalue weighted by atomic mass is 10.1. The molecule has 0 aliphatic heterocycles. The van der Waals surface area contributed by atoms with Gasteiger partial charge in [-0.1, -0.05) is 24.3 Å². The van der Waals surface area contributed by atoms with E-state index >= 15 is 0 Å². The van der Waals surface area contributed by atoms with Gasteiger partial charge in [0.25, 0.3) is 0 Å². The minimum Gasteiger partial charge on any atom is -0.496 e. The van der Waals surface area contributed by atoms with Gasteiger partial charge in [0, 0.05) is 28.2 Å². The molecule has 0 unspecified atom stereocenters. The van der Waals surface area contributed by atoms with Gasteiger partial charge < -0.3 is 9.47 Å². The molecule has 0 saturated heterocycles. The highest BCUT2D eigenvalue weighted by molar-refractivity contribution is 7.49. The Morgan fingerprint density at radius 2 is 1.50 bits per heavy atom. The van der Waals surface area contributed by atoms with Gasteiger partial charge in [0.05, 0.1) is 31.4 Å². The summed E-state index contributed by atoms with van der Waals surface area (Å²) in [4.78, 5) is 25.9. The Labute approximate surface area is 164 Å². The topological polar surface area (TPSA) is 52.6 Å². The van der Waals surface area contributed by atoms with Gasteiger partial charge in [-0.25, -0.2) is 0 Å². The van der Waals surface area contributed by atoms with Crippen LogP contribution in [0.3, 0.4) is 0 Å². The molecule has 140 valence electrons. The van der Waals surface area contributed by atoms with Crippen molar-refractivity contribution in [2.45, 2.75) is 6.42 Å². The number of fused-ring (bicyclic) bond motifs is 2. The second kappa shape index (κ2) is 7.44. The lowest BCUT2D eigenvalue weighted by molar-refractivity contribution is -0.139. The van der Waals surface area contributed by atoms with Gasteiger partial charge >= 0.3 is 5.97 Å². The van der Waals surface area contributed by atoms with E-state index in [9.17, 15) is 9.59 Å². The van der Waals surface area contributed by atoms with Gasteiger partial charge in [0.2, 0.25) is 5.43 Å². The Morgan fingerprint density at radius 1 is 0.893 bits per heavy atom. The van der Waals surface area contributed by atoms with Gasteiger partial charge in [-0.2, -0.15) is 0 Å². The van der Waals surface area contributed by atoms with Crippen molar-refractivity contribution in [2.24, 2.45) is 0 Å². The van der Waals surface area contributed by atoms with Crippen LogP contribution in [0.2, 0.25) is 0 Å². The highest BCUT2D eigenvalue weighted by Gasteiger charge is 2.24. The summed E-state index contributed by atoms with van der Waals surface area (Å²) in [5, 5.41) is 1.46. The van der Waals surface area contributed by atoms with E-state index in [-0.39, 0.29) is 17.8 Å².